The summed E-state index contributed by atoms with van der Waals surface area (Å²) >= 11 is 1.75. The minimum atomic E-state index is -0.563. The molecule has 0 saturated carbocycles. The lowest BCUT2D eigenvalue weighted by molar-refractivity contribution is 0.0887. The zero-order chi connectivity index (χ0) is 8.97. The predicted octanol–water partition coefficient (Wildman–Crippen LogP) is 1.34. The zero-order valence-electron chi connectivity index (χ0n) is 7.16. The predicted molar refractivity (Wildman–Crippen MR) is 50.5 cm³/mol. The van der Waals surface area contributed by atoms with E-state index < -0.39 is 6.10 Å². The number of aliphatic hydroxyl groups is 2. The van der Waals surface area contributed by atoms with Crippen LogP contribution in [0.15, 0.2) is 12.1 Å². The molecule has 12 heavy (non-hydrogen) atoms. The van der Waals surface area contributed by atoms with Gasteiger partial charge in [-0.15, -0.1) is 11.3 Å². The second-order valence-corrected chi connectivity index (χ2v) is 4.26. The molecule has 0 aliphatic rings. The largest absolute Gasteiger partial charge is 0.394 e. The van der Waals surface area contributed by atoms with Crippen LogP contribution in [-0.2, 0) is 6.42 Å². The zero-order valence-corrected chi connectivity index (χ0v) is 7.97. The lowest BCUT2D eigenvalue weighted by atomic mass is 10.2. The molecule has 1 rings (SSSR count). The van der Waals surface area contributed by atoms with Gasteiger partial charge < -0.3 is 10.2 Å². The van der Waals surface area contributed by atoms with Crippen molar-refractivity contribution < 1.29 is 10.2 Å². The van der Waals surface area contributed by atoms with Crippen molar-refractivity contribution in [2.75, 3.05) is 6.61 Å². The molecular formula is C9H14O2S. The van der Waals surface area contributed by atoms with Crippen LogP contribution in [0.25, 0.3) is 0 Å². The van der Waals surface area contributed by atoms with E-state index in [1.807, 2.05) is 0 Å². The third-order valence-electron chi connectivity index (χ3n) is 1.73. The number of aryl methyl sites for hydroxylation is 2. The van der Waals surface area contributed by atoms with Gasteiger partial charge in [0, 0.05) is 9.75 Å². The van der Waals surface area contributed by atoms with Gasteiger partial charge in [0.2, 0.25) is 0 Å². The molecule has 1 aromatic heterocycles. The van der Waals surface area contributed by atoms with E-state index in [-0.39, 0.29) is 6.61 Å². The highest BCUT2D eigenvalue weighted by atomic mass is 32.1. The Balaban J connectivity index is 2.33. The quantitative estimate of drug-likeness (QED) is 0.745. The second-order valence-electron chi connectivity index (χ2n) is 2.89. The van der Waals surface area contributed by atoms with Crippen LogP contribution in [0.3, 0.4) is 0 Å². The average Bonchev–Trinajstić information content (AvgIpc) is 2.47. The molecule has 0 aliphatic heterocycles. The van der Waals surface area contributed by atoms with Gasteiger partial charge in [-0.25, -0.2) is 0 Å². The summed E-state index contributed by atoms with van der Waals surface area (Å²) in [5, 5.41) is 17.7. The first-order chi connectivity index (χ1) is 5.72. The van der Waals surface area contributed by atoms with Gasteiger partial charge in [-0.2, -0.15) is 0 Å². The van der Waals surface area contributed by atoms with E-state index in [0.29, 0.717) is 6.42 Å². The van der Waals surface area contributed by atoms with E-state index in [2.05, 4.69) is 19.1 Å². The lowest BCUT2D eigenvalue weighted by Gasteiger charge is -2.04. The Morgan fingerprint density at radius 1 is 1.50 bits per heavy atom. The van der Waals surface area contributed by atoms with E-state index in [0.717, 1.165) is 6.42 Å². The molecule has 0 spiro atoms. The molecule has 2 N–H and O–H groups in total. The summed E-state index contributed by atoms with van der Waals surface area (Å²) in [6.45, 7) is 1.93. The van der Waals surface area contributed by atoms with Crippen LogP contribution in [0.1, 0.15) is 16.2 Å². The number of hydrogen-bond donors (Lipinski definition) is 2. The minimum Gasteiger partial charge on any atom is -0.394 e. The first-order valence-corrected chi connectivity index (χ1v) is 4.88. The molecule has 2 nitrogen and oxygen atoms in total. The Morgan fingerprint density at radius 3 is 2.75 bits per heavy atom. The van der Waals surface area contributed by atoms with Crippen molar-refractivity contribution in [1.82, 2.24) is 0 Å². The van der Waals surface area contributed by atoms with Crippen LogP contribution in [-0.4, -0.2) is 22.9 Å². The molecule has 68 valence electrons. The first-order valence-electron chi connectivity index (χ1n) is 4.06. The van der Waals surface area contributed by atoms with Gasteiger partial charge >= 0.3 is 0 Å². The summed E-state index contributed by atoms with van der Waals surface area (Å²) < 4.78 is 0. The average molecular weight is 186 g/mol. The SMILES string of the molecule is Cc1ccc(CCC(O)CO)s1. The Hall–Kier alpha value is -0.380. The molecule has 1 heterocycles. The van der Waals surface area contributed by atoms with Crippen molar-refractivity contribution in [2.24, 2.45) is 0 Å². The maximum Gasteiger partial charge on any atom is 0.0774 e. The van der Waals surface area contributed by atoms with Gasteiger partial charge in [-0.1, -0.05) is 0 Å². The van der Waals surface area contributed by atoms with Crippen molar-refractivity contribution in [1.29, 1.82) is 0 Å². The summed E-state index contributed by atoms with van der Waals surface area (Å²) in [4.78, 5) is 2.57. The number of aliphatic hydroxyl groups excluding tert-OH is 2. The number of hydrogen-bond acceptors (Lipinski definition) is 3. The highest BCUT2D eigenvalue weighted by Crippen LogP contribution is 2.17. The third-order valence-corrected chi connectivity index (χ3v) is 2.79. The van der Waals surface area contributed by atoms with Crippen LogP contribution in [0.5, 0.6) is 0 Å². The second kappa shape index (κ2) is 4.60. The smallest absolute Gasteiger partial charge is 0.0774 e. The molecule has 0 saturated heterocycles. The summed E-state index contributed by atoms with van der Waals surface area (Å²) in [5.74, 6) is 0. The van der Waals surface area contributed by atoms with Crippen molar-refractivity contribution >= 4 is 11.3 Å². The Kier molecular flexibility index (Phi) is 3.72. The van der Waals surface area contributed by atoms with Crippen LogP contribution < -0.4 is 0 Å². The van der Waals surface area contributed by atoms with E-state index in [4.69, 9.17) is 10.2 Å². The summed E-state index contributed by atoms with van der Waals surface area (Å²) in [5.41, 5.74) is 0. The van der Waals surface area contributed by atoms with E-state index >= 15 is 0 Å². The van der Waals surface area contributed by atoms with Gasteiger partial charge in [-0.3, -0.25) is 0 Å². The van der Waals surface area contributed by atoms with Crippen LogP contribution in [0.4, 0.5) is 0 Å². The number of rotatable bonds is 4. The first kappa shape index (κ1) is 9.71. The topological polar surface area (TPSA) is 40.5 Å². The van der Waals surface area contributed by atoms with E-state index in [9.17, 15) is 0 Å². The van der Waals surface area contributed by atoms with Gasteiger partial charge in [0.15, 0.2) is 0 Å². The molecule has 1 unspecified atom stereocenters. The Bertz CT molecular complexity index is 232. The van der Waals surface area contributed by atoms with Crippen LogP contribution >= 0.6 is 11.3 Å². The molecule has 0 fully saturated rings. The maximum atomic E-state index is 9.08. The fraction of sp³-hybridized carbons (Fsp3) is 0.556. The lowest BCUT2D eigenvalue weighted by Crippen LogP contribution is -2.12. The van der Waals surface area contributed by atoms with Gasteiger partial charge in [0.05, 0.1) is 12.7 Å². The van der Waals surface area contributed by atoms with E-state index in [1.54, 1.807) is 11.3 Å². The molecule has 3 heteroatoms. The standard InChI is InChI=1S/C9H14O2S/c1-7-2-4-9(12-7)5-3-8(11)6-10/h2,4,8,10-11H,3,5-6H2,1H3. The highest BCUT2D eigenvalue weighted by Gasteiger charge is 2.03. The highest BCUT2D eigenvalue weighted by molar-refractivity contribution is 7.11. The molecule has 0 aromatic carbocycles. The molecule has 1 atom stereocenters. The molecule has 0 aliphatic carbocycles. The van der Waals surface area contributed by atoms with E-state index in [1.165, 1.54) is 9.75 Å². The fourth-order valence-corrected chi connectivity index (χ4v) is 1.93. The molecule has 0 amide bonds. The number of thiophene rings is 1. The van der Waals surface area contributed by atoms with Crippen molar-refractivity contribution in [3.8, 4) is 0 Å². The fourth-order valence-electron chi connectivity index (χ4n) is 1.02. The summed E-state index contributed by atoms with van der Waals surface area (Å²) in [7, 11) is 0. The minimum absolute atomic E-state index is 0.135. The van der Waals surface area contributed by atoms with Gasteiger partial charge in [0.25, 0.3) is 0 Å². The Morgan fingerprint density at radius 2 is 2.25 bits per heavy atom. The van der Waals surface area contributed by atoms with Crippen LogP contribution in [0, 0.1) is 6.92 Å². The molecule has 1 aromatic rings. The van der Waals surface area contributed by atoms with Gasteiger partial charge in [0.1, 0.15) is 0 Å². The monoisotopic (exact) mass is 186 g/mol. The third kappa shape index (κ3) is 2.93. The van der Waals surface area contributed by atoms with Crippen LogP contribution in [0.2, 0.25) is 0 Å². The molecule has 0 bridgehead atoms. The summed E-state index contributed by atoms with van der Waals surface area (Å²) in [6.07, 6.45) is 0.948. The Labute approximate surface area is 76.5 Å². The van der Waals surface area contributed by atoms with Gasteiger partial charge in [-0.05, 0) is 31.9 Å². The molecule has 0 radical (unpaired) electrons. The normalized spacial score (nSPS) is 13.2. The summed E-state index contributed by atoms with van der Waals surface area (Å²) in [6, 6.07) is 4.15. The maximum absolute atomic E-state index is 9.08. The molecular weight excluding hydrogens is 172 g/mol. The van der Waals surface area contributed by atoms with Crippen molar-refractivity contribution in [3.05, 3.63) is 21.9 Å². The van der Waals surface area contributed by atoms with Crippen molar-refractivity contribution in [3.63, 3.8) is 0 Å². The van der Waals surface area contributed by atoms with Crippen molar-refractivity contribution in [2.45, 2.75) is 25.9 Å².